The molecule has 0 saturated carbocycles. The minimum Gasteiger partial charge on any atom is -0.507 e. The van der Waals surface area contributed by atoms with E-state index in [4.69, 9.17) is 4.74 Å². The van der Waals surface area contributed by atoms with E-state index in [9.17, 15) is 9.90 Å². The van der Waals surface area contributed by atoms with E-state index < -0.39 is 5.41 Å². The van der Waals surface area contributed by atoms with Gasteiger partial charge in [-0.25, -0.2) is 0 Å². The van der Waals surface area contributed by atoms with Crippen molar-refractivity contribution in [2.75, 3.05) is 6.61 Å². The van der Waals surface area contributed by atoms with Crippen molar-refractivity contribution in [2.24, 2.45) is 5.41 Å². The van der Waals surface area contributed by atoms with Gasteiger partial charge in [-0.15, -0.1) is 0 Å². The van der Waals surface area contributed by atoms with E-state index in [1.165, 1.54) is 6.07 Å². The van der Waals surface area contributed by atoms with Gasteiger partial charge in [0.1, 0.15) is 18.1 Å². The highest BCUT2D eigenvalue weighted by Gasteiger charge is 2.36. The second-order valence-corrected chi connectivity index (χ2v) is 5.16. The van der Waals surface area contributed by atoms with Crippen LogP contribution in [0.2, 0.25) is 0 Å². The van der Waals surface area contributed by atoms with Crippen LogP contribution in [0, 0.1) is 5.41 Å². The monoisotopic (exact) mass is 270 g/mol. The lowest BCUT2D eigenvalue weighted by atomic mass is 9.83. The first-order valence-electron chi connectivity index (χ1n) is 4.62. The van der Waals surface area contributed by atoms with Crippen LogP contribution < -0.4 is 4.74 Å². The van der Waals surface area contributed by atoms with Crippen molar-refractivity contribution in [1.29, 1.82) is 0 Å². The summed E-state index contributed by atoms with van der Waals surface area (Å²) in [5.41, 5.74) is 0.0274. The molecule has 0 radical (unpaired) electrons. The van der Waals surface area contributed by atoms with Crippen LogP contribution in [0.3, 0.4) is 0 Å². The molecule has 80 valence electrons. The van der Waals surface area contributed by atoms with Gasteiger partial charge in [-0.2, -0.15) is 0 Å². The lowest BCUT2D eigenvalue weighted by molar-refractivity contribution is 0.0691. The minimum atomic E-state index is -0.497. The van der Waals surface area contributed by atoms with Crippen molar-refractivity contribution in [3.8, 4) is 11.5 Å². The smallest absolute Gasteiger partial charge is 0.175 e. The molecule has 2 rings (SSSR count). The van der Waals surface area contributed by atoms with Crippen LogP contribution in [0.5, 0.6) is 11.5 Å². The third kappa shape index (κ3) is 1.63. The van der Waals surface area contributed by atoms with Crippen LogP contribution in [0.15, 0.2) is 16.6 Å². The quantitative estimate of drug-likeness (QED) is 0.789. The molecular weight excluding hydrogens is 260 g/mol. The van der Waals surface area contributed by atoms with Crippen molar-refractivity contribution in [3.63, 3.8) is 0 Å². The van der Waals surface area contributed by atoms with Gasteiger partial charge in [0.05, 0.1) is 15.5 Å². The van der Waals surface area contributed by atoms with Gasteiger partial charge >= 0.3 is 0 Å². The fourth-order valence-electron chi connectivity index (χ4n) is 1.53. The molecule has 0 aliphatic carbocycles. The van der Waals surface area contributed by atoms with Gasteiger partial charge in [-0.05, 0) is 35.8 Å². The Morgan fingerprint density at radius 3 is 2.80 bits per heavy atom. The summed E-state index contributed by atoms with van der Waals surface area (Å²) >= 11 is 3.18. The average Bonchev–Trinajstić information content (AvgIpc) is 2.16. The highest BCUT2D eigenvalue weighted by molar-refractivity contribution is 9.10. The summed E-state index contributed by atoms with van der Waals surface area (Å²) in [7, 11) is 0. The average molecular weight is 271 g/mol. The lowest BCUT2D eigenvalue weighted by Crippen LogP contribution is -2.35. The Balaban J connectivity index is 2.58. The van der Waals surface area contributed by atoms with Crippen LogP contribution in [0.1, 0.15) is 24.2 Å². The highest BCUT2D eigenvalue weighted by Crippen LogP contribution is 2.39. The molecule has 0 fully saturated rings. The van der Waals surface area contributed by atoms with E-state index in [1.807, 2.05) is 13.8 Å². The van der Waals surface area contributed by atoms with Gasteiger partial charge in [-0.3, -0.25) is 4.79 Å². The number of ether oxygens (including phenoxy) is 1. The number of hydrogen-bond acceptors (Lipinski definition) is 3. The molecule has 1 aliphatic rings. The van der Waals surface area contributed by atoms with Crippen molar-refractivity contribution in [3.05, 3.63) is 22.2 Å². The summed E-state index contributed by atoms with van der Waals surface area (Å²) in [5.74, 6) is 0.589. The van der Waals surface area contributed by atoms with Crippen molar-refractivity contribution >= 4 is 21.7 Å². The molecule has 4 heteroatoms. The van der Waals surface area contributed by atoms with Crippen molar-refractivity contribution in [2.45, 2.75) is 13.8 Å². The van der Waals surface area contributed by atoms with Crippen molar-refractivity contribution in [1.82, 2.24) is 0 Å². The first-order chi connectivity index (χ1) is 6.92. The summed E-state index contributed by atoms with van der Waals surface area (Å²) < 4.78 is 5.95. The summed E-state index contributed by atoms with van der Waals surface area (Å²) in [6, 6.07) is 3.07. The molecule has 0 aromatic heterocycles. The molecule has 1 aromatic rings. The summed E-state index contributed by atoms with van der Waals surface area (Å²) in [4.78, 5) is 12.0. The number of carbonyl (C=O) groups is 1. The number of rotatable bonds is 0. The molecule has 0 unspecified atom stereocenters. The van der Waals surface area contributed by atoms with Gasteiger partial charge in [0.2, 0.25) is 0 Å². The van der Waals surface area contributed by atoms with E-state index >= 15 is 0 Å². The number of hydrogen-bond donors (Lipinski definition) is 1. The summed E-state index contributed by atoms with van der Waals surface area (Å²) in [6.07, 6.45) is 0. The van der Waals surface area contributed by atoms with E-state index in [0.29, 0.717) is 22.4 Å². The van der Waals surface area contributed by atoms with Crippen molar-refractivity contribution < 1.29 is 14.6 Å². The molecule has 1 aliphatic heterocycles. The molecular formula is C11H11BrO3. The molecule has 0 atom stereocenters. The van der Waals surface area contributed by atoms with Gasteiger partial charge in [0, 0.05) is 6.07 Å². The van der Waals surface area contributed by atoms with Crippen LogP contribution in [0.4, 0.5) is 0 Å². The van der Waals surface area contributed by atoms with E-state index in [0.717, 1.165) is 0 Å². The maximum atomic E-state index is 12.0. The fourth-order valence-corrected chi connectivity index (χ4v) is 1.87. The zero-order chi connectivity index (χ0) is 11.2. The molecule has 0 bridgehead atoms. The Labute approximate surface area is 96.2 Å². The Bertz CT molecular complexity index is 438. The molecule has 3 nitrogen and oxygen atoms in total. The van der Waals surface area contributed by atoms with Crippen LogP contribution in [0.25, 0.3) is 0 Å². The Morgan fingerprint density at radius 1 is 1.47 bits per heavy atom. The molecule has 1 aromatic carbocycles. The Morgan fingerprint density at radius 2 is 2.13 bits per heavy atom. The molecule has 0 amide bonds. The third-order valence-electron chi connectivity index (χ3n) is 2.50. The maximum absolute atomic E-state index is 12.0. The standard InChI is InChI=1S/C11H11BrO3/c1-11(2)5-15-9-4-8(13)7(12)3-6(9)10(11)14/h3-4,13H,5H2,1-2H3. The summed E-state index contributed by atoms with van der Waals surface area (Å²) in [6.45, 7) is 4.04. The maximum Gasteiger partial charge on any atom is 0.175 e. The fraction of sp³-hybridized carbons (Fsp3) is 0.364. The second kappa shape index (κ2) is 3.23. The first kappa shape index (κ1) is 10.5. The number of phenols is 1. The minimum absolute atomic E-state index is 0.0458. The first-order valence-corrected chi connectivity index (χ1v) is 5.41. The zero-order valence-electron chi connectivity index (χ0n) is 8.50. The van der Waals surface area contributed by atoms with Gasteiger partial charge in [0.15, 0.2) is 5.78 Å². The number of ketones is 1. The number of fused-ring (bicyclic) bond motifs is 1. The molecule has 1 N–H and O–H groups in total. The van der Waals surface area contributed by atoms with Crippen LogP contribution in [-0.2, 0) is 0 Å². The van der Waals surface area contributed by atoms with E-state index in [2.05, 4.69) is 15.9 Å². The number of carbonyl (C=O) groups excluding carboxylic acids is 1. The zero-order valence-corrected chi connectivity index (χ0v) is 10.1. The normalized spacial score (nSPS) is 18.2. The SMILES string of the molecule is CC1(C)COc2cc(O)c(Br)cc2C1=O. The Kier molecular flexibility index (Phi) is 2.26. The number of Topliss-reactive ketones (excluding diaryl/α,β-unsaturated/α-hetero) is 1. The number of halogens is 1. The number of benzene rings is 1. The largest absolute Gasteiger partial charge is 0.507 e. The summed E-state index contributed by atoms with van der Waals surface area (Å²) in [5, 5.41) is 9.45. The topological polar surface area (TPSA) is 46.5 Å². The number of aromatic hydroxyl groups is 1. The van der Waals surface area contributed by atoms with E-state index in [-0.39, 0.29) is 11.5 Å². The second-order valence-electron chi connectivity index (χ2n) is 4.30. The predicted molar refractivity (Wildman–Crippen MR) is 59.4 cm³/mol. The van der Waals surface area contributed by atoms with Gasteiger partial charge in [0.25, 0.3) is 0 Å². The van der Waals surface area contributed by atoms with Crippen LogP contribution in [-0.4, -0.2) is 17.5 Å². The Hall–Kier alpha value is -1.03. The van der Waals surface area contributed by atoms with E-state index in [1.54, 1.807) is 6.07 Å². The highest BCUT2D eigenvalue weighted by atomic mass is 79.9. The molecule has 0 saturated heterocycles. The molecule has 0 spiro atoms. The van der Waals surface area contributed by atoms with Gasteiger partial charge in [-0.1, -0.05) is 0 Å². The third-order valence-corrected chi connectivity index (χ3v) is 3.13. The predicted octanol–water partition coefficient (Wildman–Crippen LogP) is 2.76. The molecule has 15 heavy (non-hydrogen) atoms. The number of phenolic OH excluding ortho intramolecular Hbond substituents is 1. The van der Waals surface area contributed by atoms with Gasteiger partial charge < -0.3 is 9.84 Å². The lowest BCUT2D eigenvalue weighted by Gasteiger charge is -2.29. The van der Waals surface area contributed by atoms with Crippen LogP contribution >= 0.6 is 15.9 Å². The molecule has 1 heterocycles.